The third kappa shape index (κ3) is 49.9. The van der Waals surface area contributed by atoms with Crippen LogP contribution >= 0.6 is 84.4 Å². The Bertz CT molecular complexity index is 2300. The lowest BCUT2D eigenvalue weighted by Crippen LogP contribution is -2.22. The second-order valence-corrected chi connectivity index (χ2v) is 16.6. The molecule has 84 heavy (non-hydrogen) atoms. The van der Waals surface area contributed by atoms with Crippen molar-refractivity contribution in [3.8, 4) is 49.4 Å². The maximum absolute atomic E-state index is 5.76. The molecule has 5 atom stereocenters. The molecule has 0 aliphatic carbocycles. The molecule has 10 N–H and O–H groups in total. The van der Waals surface area contributed by atoms with E-state index in [1.165, 1.54) is 5.06 Å². The molecule has 4 aromatic rings. The van der Waals surface area contributed by atoms with Crippen LogP contribution in [0.5, 0.6) is 0 Å². The van der Waals surface area contributed by atoms with Crippen molar-refractivity contribution in [1.82, 2.24) is 65.3 Å². The van der Waals surface area contributed by atoms with Crippen LogP contribution in [0.4, 0.5) is 47.6 Å². The Hall–Kier alpha value is -5.53. The van der Waals surface area contributed by atoms with Crippen molar-refractivity contribution in [2.45, 2.75) is 132 Å². The zero-order valence-corrected chi connectivity index (χ0v) is 56.6. The number of hydrogen-bond acceptors (Lipinski definition) is 26. The van der Waals surface area contributed by atoms with E-state index in [-0.39, 0.29) is 95.8 Å². The van der Waals surface area contributed by atoms with E-state index in [2.05, 4.69) is 152 Å². The number of methoxy groups -OCH3 is 1. The topological polar surface area (TPSA) is 317 Å². The lowest BCUT2D eigenvalue weighted by Gasteiger charge is -2.16. The van der Waals surface area contributed by atoms with Gasteiger partial charge in [-0.15, -0.1) is 75.3 Å². The molecule has 0 fully saturated rings. The lowest BCUT2D eigenvalue weighted by atomic mass is 10.3. The number of aromatic nitrogens is 12. The first-order valence-corrected chi connectivity index (χ1v) is 26.8. The van der Waals surface area contributed by atoms with Crippen LogP contribution in [0.2, 0.25) is 15.9 Å². The molecule has 0 aliphatic heterocycles. The van der Waals surface area contributed by atoms with Crippen LogP contribution in [0.3, 0.4) is 0 Å². The molecule has 0 aromatic carbocycles. The quantitative estimate of drug-likeness (QED) is 0.0220. The number of halogens is 7. The minimum atomic E-state index is -0.202. The van der Waals surface area contributed by atoms with Gasteiger partial charge in [0.1, 0.15) is 6.10 Å². The summed E-state index contributed by atoms with van der Waals surface area (Å²) in [6.45, 7) is 26.2. The summed E-state index contributed by atoms with van der Waals surface area (Å²) in [5, 5.41) is 23.0. The largest absolute Gasteiger partial charge is 0.382 e. The summed E-state index contributed by atoms with van der Waals surface area (Å²) in [6, 6.07) is -0.554. The molecule has 0 bridgehead atoms. The Morgan fingerprint density at radius 3 is 1.07 bits per heavy atom. The number of rotatable bonds is 25. The minimum Gasteiger partial charge on any atom is -0.382 e. The van der Waals surface area contributed by atoms with E-state index in [9.17, 15) is 0 Å². The van der Waals surface area contributed by atoms with Gasteiger partial charge in [-0.25, -0.2) is 10.5 Å². The van der Waals surface area contributed by atoms with Crippen LogP contribution in [0, 0.1) is 49.4 Å². The Morgan fingerprint density at radius 2 is 0.774 bits per heavy atom. The molecule has 0 saturated carbocycles. The van der Waals surface area contributed by atoms with Crippen molar-refractivity contribution >= 4 is 132 Å². The number of ether oxygens (including phenoxy) is 2. The van der Waals surface area contributed by atoms with Gasteiger partial charge in [-0.2, -0.15) is 59.8 Å². The van der Waals surface area contributed by atoms with Gasteiger partial charge in [0.15, 0.2) is 5.82 Å². The van der Waals surface area contributed by atoms with Crippen LogP contribution in [0.25, 0.3) is 0 Å². The summed E-state index contributed by atoms with van der Waals surface area (Å²) in [5.74, 6) is 14.1. The summed E-state index contributed by atoms with van der Waals surface area (Å²) in [6.07, 6.45) is 24.4. The molecule has 0 amide bonds. The highest BCUT2D eigenvalue weighted by atomic mass is 35.5. The van der Waals surface area contributed by atoms with Gasteiger partial charge in [0, 0.05) is 60.6 Å². The van der Waals surface area contributed by atoms with Gasteiger partial charge in [0.2, 0.25) is 57.5 Å². The molecular weight excluding hydrogens is 1230 g/mol. The molecule has 5 unspecified atom stereocenters. The van der Waals surface area contributed by atoms with E-state index >= 15 is 0 Å². The van der Waals surface area contributed by atoms with Crippen LogP contribution in [0.15, 0.2) is 0 Å². The fraction of sp³-hybridized carbons (Fsp3) is 0.608. The van der Waals surface area contributed by atoms with Crippen molar-refractivity contribution in [1.29, 1.82) is 0 Å². The predicted octanol–water partition coefficient (Wildman–Crippen LogP) is 9.20. The molecular formula is C51H91Cl7N22O4. The molecule has 4 heterocycles. The first kappa shape index (κ1) is 92.2. The fourth-order valence-electron chi connectivity index (χ4n) is 4.31. The van der Waals surface area contributed by atoms with Crippen LogP contribution in [-0.4, -0.2) is 159 Å². The summed E-state index contributed by atoms with van der Waals surface area (Å²) < 4.78 is 10.1. The van der Waals surface area contributed by atoms with E-state index in [0.717, 1.165) is 65.1 Å². The summed E-state index contributed by atoms with van der Waals surface area (Å²) in [5.41, 5.74) is 7.49. The third-order valence-electron chi connectivity index (χ3n) is 8.53. The van der Waals surface area contributed by atoms with Crippen LogP contribution in [-0.2, 0) is 19.1 Å². The van der Waals surface area contributed by atoms with Gasteiger partial charge in [-0.1, -0.05) is 51.4 Å². The van der Waals surface area contributed by atoms with Crippen LogP contribution < -0.4 is 53.5 Å². The van der Waals surface area contributed by atoms with Crippen molar-refractivity contribution < 1.29 is 19.1 Å². The van der Waals surface area contributed by atoms with E-state index < -0.39 is 0 Å². The highest BCUT2D eigenvalue weighted by molar-refractivity contribution is 6.31. The number of nitrogens with two attached hydrogens (primary N) is 1. The van der Waals surface area contributed by atoms with E-state index in [1.54, 1.807) is 42.3 Å². The summed E-state index contributed by atoms with van der Waals surface area (Å²) in [4.78, 5) is 58.3. The molecule has 4 aromatic heterocycles. The molecule has 0 radical (unpaired) electrons. The molecule has 478 valence electrons. The number of nitrogens with zero attached hydrogens (tertiary/aromatic N) is 13. The van der Waals surface area contributed by atoms with Gasteiger partial charge in [-0.05, 0) is 109 Å². The van der Waals surface area contributed by atoms with Crippen molar-refractivity contribution in [2.24, 2.45) is 5.73 Å². The molecule has 4 rings (SSSR count). The number of hydroxylamine groups is 2. The first-order valence-electron chi connectivity index (χ1n) is 25.6. The standard InChI is InChI=1S/C13H21N5O.C12H20N6O.C10H14ClN5.C6H8Cl2N4.C4H7N.C4H10O.C2H7NO.4ClH/c1-6-8-14-12-16-11(10(4)19-5)17-13(18-12)15-9(3)7-2;1-6-8-13-10-15-11(14-9(3)7-2)17-12(16-10)18(4)19-5;1-4-6-12-9-14-8(11)15-10(16-9)13-7(3)5-2;1-2-3-9-6-11-4(7)10-5(8)12-6;1-3-4(2)5;1-3-5-4-2;1-3-4-2;;;;/h2,9-10H,6,8H2,1,3-5H3,(H2,14,15,16,17,18);2,9H,6,8H2,1,3-5H3,(H2,13,14,15,16,17);2,7H,4,6H2,1,3H3,(H2,12,13,14,15,16);2-3H2,1H3,(H,9,10,11,12);1,4H,5H2,2H3;3-4H2,1-2H3;3H,1-2H3;4*1H. The van der Waals surface area contributed by atoms with Gasteiger partial charge >= 0.3 is 0 Å². The Balaban J connectivity index is -0.000000173. The molecule has 26 nitrogen and oxygen atoms in total. The second kappa shape index (κ2) is 60.6. The fourth-order valence-corrected chi connectivity index (χ4v) is 4.83. The normalized spacial score (nSPS) is 10.9. The zero-order chi connectivity index (χ0) is 61.3. The van der Waals surface area contributed by atoms with E-state index in [1.807, 2.05) is 48.5 Å². The van der Waals surface area contributed by atoms with Crippen molar-refractivity contribution in [2.75, 3.05) is 117 Å². The molecule has 33 heteroatoms. The monoisotopic (exact) mass is 1320 g/mol. The maximum atomic E-state index is 5.76. The SMILES string of the molecule is C#CC(C)N.C#CC(C)Nc1nc(Cl)nc(NCCC)n1.C#CC(C)Nc1nc(NCCC)nc(C(C)OC)n1.C#CC(C)Nc1nc(NCCC)nc(N(C)OC)n1.CCCNc1nc(Cl)nc(Cl)n1.CCOCC.CNOC.Cl.Cl.Cl.Cl. The average Bonchev–Trinajstić information content (AvgIpc) is 3.44. The smallest absolute Gasteiger partial charge is 0.256 e. The predicted molar refractivity (Wildman–Crippen MR) is 356 cm³/mol. The Labute approximate surface area is 539 Å². The highest BCUT2D eigenvalue weighted by Crippen LogP contribution is 2.16. The van der Waals surface area contributed by atoms with E-state index in [0.29, 0.717) is 53.4 Å². The number of anilines is 8. The van der Waals surface area contributed by atoms with Gasteiger partial charge in [-0.3, -0.25) is 4.84 Å². The zero-order valence-electron chi connectivity index (χ0n) is 51.1. The average molecular weight is 1320 g/mol. The second-order valence-electron chi connectivity index (χ2n) is 15.6. The maximum Gasteiger partial charge on any atom is 0.256 e. The van der Waals surface area contributed by atoms with Crippen molar-refractivity contribution in [3.63, 3.8) is 0 Å². The molecule has 0 aliphatic rings. The lowest BCUT2D eigenvalue weighted by molar-refractivity contribution is 0.112. The third-order valence-corrected chi connectivity index (χ3v) is 9.04. The molecule has 0 saturated heterocycles. The van der Waals surface area contributed by atoms with Gasteiger partial charge in [0.05, 0.1) is 38.4 Å². The Morgan fingerprint density at radius 1 is 0.488 bits per heavy atom. The highest BCUT2D eigenvalue weighted by Gasteiger charge is 2.14. The first-order chi connectivity index (χ1) is 38.2. The van der Waals surface area contributed by atoms with E-state index in [4.69, 9.17) is 80.5 Å². The molecule has 0 spiro atoms. The number of nitrogens with one attached hydrogen (secondary N) is 8. The number of terminal acetylenes is 4. The Kier molecular flexibility index (Phi) is 66.5. The number of hydrogen-bond donors (Lipinski definition) is 9. The summed E-state index contributed by atoms with van der Waals surface area (Å²) in [7, 11) is 8.15. The van der Waals surface area contributed by atoms with Crippen LogP contribution in [0.1, 0.15) is 114 Å². The van der Waals surface area contributed by atoms with Gasteiger partial charge in [0.25, 0.3) is 5.95 Å². The minimum absolute atomic E-state index is 0. The van der Waals surface area contributed by atoms with Crippen molar-refractivity contribution in [3.05, 3.63) is 21.7 Å². The van der Waals surface area contributed by atoms with Gasteiger partial charge < -0.3 is 57.3 Å². The summed E-state index contributed by atoms with van der Waals surface area (Å²) >= 11 is 16.8.